The maximum atomic E-state index is 12.0. The van der Waals surface area contributed by atoms with Gasteiger partial charge in [-0.3, -0.25) is 4.79 Å². The smallest absolute Gasteiger partial charge is 0.231 e. The van der Waals surface area contributed by atoms with E-state index in [4.69, 9.17) is 10.5 Å². The highest BCUT2D eigenvalue weighted by molar-refractivity contribution is 9.10. The van der Waals surface area contributed by atoms with Crippen LogP contribution in [-0.2, 0) is 9.53 Å². The van der Waals surface area contributed by atoms with E-state index in [-0.39, 0.29) is 17.9 Å². The number of ether oxygens (including phenoxy) is 1. The fourth-order valence-electron chi connectivity index (χ4n) is 1.79. The number of benzene rings is 1. The second-order valence-corrected chi connectivity index (χ2v) is 5.13. The minimum atomic E-state index is -0.261. The Morgan fingerprint density at radius 1 is 1.53 bits per heavy atom. The maximum Gasteiger partial charge on any atom is 0.231 e. The van der Waals surface area contributed by atoms with Gasteiger partial charge in [-0.1, -0.05) is 6.07 Å². The normalized spacial score (nSPS) is 23.7. The van der Waals surface area contributed by atoms with Crippen LogP contribution in [0.25, 0.3) is 0 Å². The molecular weight excluding hydrogens is 284 g/mol. The highest BCUT2D eigenvalue weighted by Crippen LogP contribution is 2.24. The van der Waals surface area contributed by atoms with Gasteiger partial charge >= 0.3 is 0 Å². The van der Waals surface area contributed by atoms with Crippen molar-refractivity contribution in [2.75, 3.05) is 18.5 Å². The average Bonchev–Trinajstić information content (AvgIpc) is 2.68. The Hall–Kier alpha value is -0.910. The predicted molar refractivity (Wildman–Crippen MR) is 69.8 cm³/mol. The molecule has 1 aliphatic heterocycles. The first-order valence-electron chi connectivity index (χ1n) is 5.48. The molecule has 1 aromatic carbocycles. The lowest BCUT2D eigenvalue weighted by molar-refractivity contribution is -0.120. The summed E-state index contributed by atoms with van der Waals surface area (Å²) in [6.45, 7) is 2.85. The van der Waals surface area contributed by atoms with Crippen LogP contribution in [0.2, 0.25) is 0 Å². The number of amides is 1. The Balaban J connectivity index is 2.07. The molecule has 4 nitrogen and oxygen atoms in total. The summed E-state index contributed by atoms with van der Waals surface area (Å²) in [4.78, 5) is 12.0. The number of hydrogen-bond donors (Lipinski definition) is 2. The van der Waals surface area contributed by atoms with Gasteiger partial charge in [0.05, 0.1) is 24.8 Å². The first-order valence-corrected chi connectivity index (χ1v) is 6.27. The molecule has 1 aliphatic rings. The van der Waals surface area contributed by atoms with Gasteiger partial charge in [0.15, 0.2) is 0 Å². The standard InChI is InChI=1S/C12H15BrN2O2/c1-7-2-3-11(9(13)4-7)15-12(16)8-5-17-6-10(8)14/h2-4,8,10H,5-6,14H2,1H3,(H,15,16). The van der Waals surface area contributed by atoms with Gasteiger partial charge in [-0.05, 0) is 40.5 Å². The molecule has 1 amide bonds. The molecule has 1 aromatic rings. The summed E-state index contributed by atoms with van der Waals surface area (Å²) in [5, 5.41) is 2.86. The molecular formula is C12H15BrN2O2. The van der Waals surface area contributed by atoms with Gasteiger partial charge in [0.1, 0.15) is 0 Å². The van der Waals surface area contributed by atoms with Crippen LogP contribution in [0.3, 0.4) is 0 Å². The van der Waals surface area contributed by atoms with Crippen LogP contribution in [0.4, 0.5) is 5.69 Å². The number of hydrogen-bond acceptors (Lipinski definition) is 3. The molecule has 5 heteroatoms. The third-order valence-electron chi connectivity index (χ3n) is 2.84. The van der Waals surface area contributed by atoms with Crippen LogP contribution in [0.15, 0.2) is 22.7 Å². The van der Waals surface area contributed by atoms with Crippen molar-refractivity contribution in [1.82, 2.24) is 0 Å². The van der Waals surface area contributed by atoms with E-state index in [0.717, 1.165) is 15.7 Å². The zero-order chi connectivity index (χ0) is 12.4. The minimum absolute atomic E-state index is 0.0837. The molecule has 0 spiro atoms. The second-order valence-electron chi connectivity index (χ2n) is 4.28. The van der Waals surface area contributed by atoms with Crippen molar-refractivity contribution in [2.24, 2.45) is 11.7 Å². The van der Waals surface area contributed by atoms with E-state index < -0.39 is 0 Å². The van der Waals surface area contributed by atoms with Gasteiger partial charge < -0.3 is 15.8 Å². The van der Waals surface area contributed by atoms with E-state index >= 15 is 0 Å². The van der Waals surface area contributed by atoms with Gasteiger partial charge in [-0.2, -0.15) is 0 Å². The molecule has 2 unspecified atom stereocenters. The quantitative estimate of drug-likeness (QED) is 0.873. The van der Waals surface area contributed by atoms with E-state index in [9.17, 15) is 4.79 Å². The van der Waals surface area contributed by atoms with Crippen molar-refractivity contribution in [3.63, 3.8) is 0 Å². The Kier molecular flexibility index (Phi) is 3.81. The Morgan fingerprint density at radius 2 is 2.29 bits per heavy atom. The van der Waals surface area contributed by atoms with Gasteiger partial charge in [-0.25, -0.2) is 0 Å². The van der Waals surface area contributed by atoms with Crippen LogP contribution in [-0.4, -0.2) is 25.2 Å². The molecule has 1 fully saturated rings. The predicted octanol–water partition coefficient (Wildman–Crippen LogP) is 1.67. The van der Waals surface area contributed by atoms with E-state index in [1.807, 2.05) is 25.1 Å². The highest BCUT2D eigenvalue weighted by atomic mass is 79.9. The second kappa shape index (κ2) is 5.16. The molecule has 0 aromatic heterocycles. The molecule has 1 saturated heterocycles. The van der Waals surface area contributed by atoms with E-state index in [2.05, 4.69) is 21.2 Å². The Labute approximate surface area is 109 Å². The molecule has 1 heterocycles. The van der Waals surface area contributed by atoms with Crippen LogP contribution < -0.4 is 11.1 Å². The van der Waals surface area contributed by atoms with Crippen LogP contribution >= 0.6 is 15.9 Å². The summed E-state index contributed by atoms with van der Waals surface area (Å²) in [5.74, 6) is -0.345. The fourth-order valence-corrected chi connectivity index (χ4v) is 2.38. The molecule has 0 radical (unpaired) electrons. The molecule has 0 bridgehead atoms. The van der Waals surface area contributed by atoms with Crippen molar-refractivity contribution >= 4 is 27.5 Å². The lowest BCUT2D eigenvalue weighted by Gasteiger charge is -2.14. The molecule has 17 heavy (non-hydrogen) atoms. The van der Waals surface area contributed by atoms with Crippen molar-refractivity contribution in [3.8, 4) is 0 Å². The highest BCUT2D eigenvalue weighted by Gasteiger charge is 2.31. The largest absolute Gasteiger partial charge is 0.379 e. The first kappa shape index (κ1) is 12.5. The number of aryl methyl sites for hydroxylation is 1. The van der Waals surface area contributed by atoms with E-state index in [0.29, 0.717) is 13.2 Å². The lowest BCUT2D eigenvalue weighted by atomic mass is 10.0. The van der Waals surface area contributed by atoms with Gasteiger partial charge in [0.25, 0.3) is 0 Å². The fraction of sp³-hybridized carbons (Fsp3) is 0.417. The topological polar surface area (TPSA) is 64.3 Å². The zero-order valence-corrected chi connectivity index (χ0v) is 11.2. The van der Waals surface area contributed by atoms with Crippen molar-refractivity contribution < 1.29 is 9.53 Å². The Bertz CT molecular complexity index is 437. The summed E-state index contributed by atoms with van der Waals surface area (Å²) in [6, 6.07) is 5.57. The van der Waals surface area contributed by atoms with Crippen molar-refractivity contribution in [2.45, 2.75) is 13.0 Å². The van der Waals surface area contributed by atoms with Crippen LogP contribution in [0.1, 0.15) is 5.56 Å². The molecule has 92 valence electrons. The summed E-state index contributed by atoms with van der Waals surface area (Å²) >= 11 is 3.42. The SMILES string of the molecule is Cc1ccc(NC(=O)C2COCC2N)c(Br)c1. The number of anilines is 1. The minimum Gasteiger partial charge on any atom is -0.379 e. The number of rotatable bonds is 2. The third-order valence-corrected chi connectivity index (χ3v) is 3.50. The maximum absolute atomic E-state index is 12.0. The molecule has 0 aliphatic carbocycles. The number of carbonyl (C=O) groups excluding carboxylic acids is 1. The Morgan fingerprint density at radius 3 is 2.88 bits per heavy atom. The zero-order valence-electron chi connectivity index (χ0n) is 9.57. The summed E-state index contributed by atoms with van der Waals surface area (Å²) in [7, 11) is 0. The van der Waals surface area contributed by atoms with Gasteiger partial charge in [0.2, 0.25) is 5.91 Å². The van der Waals surface area contributed by atoms with Gasteiger partial charge in [0, 0.05) is 10.5 Å². The van der Waals surface area contributed by atoms with E-state index in [1.54, 1.807) is 0 Å². The number of nitrogens with two attached hydrogens (primary N) is 1. The molecule has 3 N–H and O–H groups in total. The number of carbonyl (C=O) groups is 1. The lowest BCUT2D eigenvalue weighted by Crippen LogP contribution is -2.37. The van der Waals surface area contributed by atoms with Crippen LogP contribution in [0, 0.1) is 12.8 Å². The first-order chi connectivity index (χ1) is 8.08. The number of nitrogens with one attached hydrogen (secondary N) is 1. The third kappa shape index (κ3) is 2.86. The molecule has 2 rings (SSSR count). The number of halogens is 1. The monoisotopic (exact) mass is 298 g/mol. The van der Waals surface area contributed by atoms with Crippen molar-refractivity contribution in [3.05, 3.63) is 28.2 Å². The summed E-state index contributed by atoms with van der Waals surface area (Å²) in [5.41, 5.74) is 7.70. The average molecular weight is 299 g/mol. The van der Waals surface area contributed by atoms with Crippen molar-refractivity contribution in [1.29, 1.82) is 0 Å². The van der Waals surface area contributed by atoms with Gasteiger partial charge in [-0.15, -0.1) is 0 Å². The van der Waals surface area contributed by atoms with Crippen LogP contribution in [0.5, 0.6) is 0 Å². The summed E-state index contributed by atoms with van der Waals surface area (Å²) in [6.07, 6.45) is 0. The molecule has 2 atom stereocenters. The van der Waals surface area contributed by atoms with E-state index in [1.165, 1.54) is 0 Å². The summed E-state index contributed by atoms with van der Waals surface area (Å²) < 4.78 is 6.05. The molecule has 0 saturated carbocycles.